The van der Waals surface area contributed by atoms with Crippen LogP contribution in [0.2, 0.25) is 0 Å². The molecule has 35 heavy (non-hydrogen) atoms. The Morgan fingerprint density at radius 3 is 2.60 bits per heavy atom. The number of aryl methyl sites for hydroxylation is 1. The van der Waals surface area contributed by atoms with Crippen LogP contribution >= 0.6 is 0 Å². The molecule has 1 saturated carbocycles. The second-order valence-corrected chi connectivity index (χ2v) is 8.94. The molecule has 5 rings (SSSR count). The Labute approximate surface area is 201 Å². The molecule has 0 aliphatic heterocycles. The fourth-order valence-corrected chi connectivity index (χ4v) is 4.12. The first kappa shape index (κ1) is 22.6. The molecule has 180 valence electrons. The molecule has 11 heteroatoms. The first-order chi connectivity index (χ1) is 16.8. The Kier molecular flexibility index (Phi) is 5.75. The number of nitrogens with two attached hydrogens (primary N) is 1. The topological polar surface area (TPSA) is 129 Å². The van der Waals surface area contributed by atoms with Gasteiger partial charge in [0.25, 0.3) is 5.89 Å². The normalized spacial score (nSPS) is 14.2. The first-order valence-corrected chi connectivity index (χ1v) is 11.3. The van der Waals surface area contributed by atoms with Gasteiger partial charge in [-0.1, -0.05) is 29.4 Å². The molecule has 2 N–H and O–H groups in total. The maximum absolute atomic E-state index is 14.4. The Morgan fingerprint density at radius 1 is 1.20 bits per heavy atom. The number of carbonyl (C=O) groups is 1. The van der Waals surface area contributed by atoms with Crippen molar-refractivity contribution in [1.82, 2.24) is 34.8 Å². The summed E-state index contributed by atoms with van der Waals surface area (Å²) in [7, 11) is 3.39. The molecular weight excluding hydrogens is 451 g/mol. The van der Waals surface area contributed by atoms with Gasteiger partial charge in [-0.15, -0.1) is 0 Å². The number of aromatic nitrogens is 6. The van der Waals surface area contributed by atoms with Crippen molar-refractivity contribution in [2.45, 2.75) is 32.2 Å². The standard InChI is InChI=1S/C24H25FN8O2/c1-13-19(21(25)29-24(26)28-13)14-4-6-15(7-5-14)20(16-8-9-16)22-30-23(35-31-22)17-10-27-33(11-17)12-18(34)32(2)3/h4-7,10-11,16,20H,8-9,12H2,1-3H3,(H2,26,28,29)/t20-/m0/s1. The lowest BCUT2D eigenvalue weighted by Gasteiger charge is -2.14. The lowest BCUT2D eigenvalue weighted by molar-refractivity contribution is -0.129. The van der Waals surface area contributed by atoms with Crippen LogP contribution in [0.5, 0.6) is 0 Å². The van der Waals surface area contributed by atoms with Crippen LogP contribution in [0.15, 0.2) is 41.2 Å². The van der Waals surface area contributed by atoms with Crippen LogP contribution in [-0.2, 0) is 11.3 Å². The highest BCUT2D eigenvalue weighted by Gasteiger charge is 2.37. The molecule has 1 aromatic carbocycles. The number of rotatable bonds is 7. The number of nitrogens with zero attached hydrogens (tertiary/aromatic N) is 7. The lowest BCUT2D eigenvalue weighted by atomic mass is 9.91. The molecule has 1 aliphatic carbocycles. The number of halogens is 1. The van der Waals surface area contributed by atoms with Crippen molar-refractivity contribution in [3.05, 3.63) is 59.7 Å². The second kappa shape index (κ2) is 8.90. The minimum atomic E-state index is -0.642. The van der Waals surface area contributed by atoms with Crippen molar-refractivity contribution in [2.24, 2.45) is 5.92 Å². The van der Waals surface area contributed by atoms with Gasteiger partial charge in [-0.3, -0.25) is 9.48 Å². The number of hydrogen-bond acceptors (Lipinski definition) is 8. The van der Waals surface area contributed by atoms with E-state index >= 15 is 0 Å². The highest BCUT2D eigenvalue weighted by atomic mass is 19.1. The van der Waals surface area contributed by atoms with Crippen molar-refractivity contribution in [1.29, 1.82) is 0 Å². The molecule has 4 aromatic rings. The van der Waals surface area contributed by atoms with E-state index in [1.165, 1.54) is 4.90 Å². The molecule has 3 heterocycles. The number of nitrogen functional groups attached to an aromatic ring is 1. The molecular formula is C24H25FN8O2. The summed E-state index contributed by atoms with van der Waals surface area (Å²) >= 11 is 0. The van der Waals surface area contributed by atoms with E-state index in [0.717, 1.165) is 18.4 Å². The van der Waals surface area contributed by atoms with Gasteiger partial charge < -0.3 is 15.2 Å². The second-order valence-electron chi connectivity index (χ2n) is 8.94. The summed E-state index contributed by atoms with van der Waals surface area (Å²) in [5.74, 6) is 0.511. The molecule has 3 aromatic heterocycles. The van der Waals surface area contributed by atoms with Crippen LogP contribution in [0.1, 0.15) is 35.8 Å². The summed E-state index contributed by atoms with van der Waals surface area (Å²) < 4.78 is 21.5. The van der Waals surface area contributed by atoms with E-state index in [1.807, 2.05) is 24.3 Å². The van der Waals surface area contributed by atoms with Gasteiger partial charge in [0, 0.05) is 20.3 Å². The Bertz CT molecular complexity index is 1350. The number of benzene rings is 1. The SMILES string of the molecule is Cc1nc(N)nc(F)c1-c1ccc([C@H](c2noc(-c3cnn(CC(=O)N(C)C)c3)n2)C2CC2)cc1. The van der Waals surface area contributed by atoms with Gasteiger partial charge in [-0.2, -0.15) is 19.5 Å². The number of amides is 1. The van der Waals surface area contributed by atoms with Gasteiger partial charge >= 0.3 is 0 Å². The summed E-state index contributed by atoms with van der Waals surface area (Å²) in [6.45, 7) is 1.83. The van der Waals surface area contributed by atoms with Gasteiger partial charge in [0.05, 0.1) is 28.9 Å². The highest BCUT2D eigenvalue weighted by molar-refractivity contribution is 5.75. The molecule has 0 unspecified atom stereocenters. The highest BCUT2D eigenvalue weighted by Crippen LogP contribution is 2.46. The summed E-state index contributed by atoms with van der Waals surface area (Å²) in [5.41, 5.74) is 8.70. The van der Waals surface area contributed by atoms with E-state index < -0.39 is 5.95 Å². The van der Waals surface area contributed by atoms with E-state index in [0.29, 0.717) is 40.0 Å². The lowest BCUT2D eigenvalue weighted by Crippen LogP contribution is -2.26. The number of hydrogen-bond donors (Lipinski definition) is 1. The molecule has 0 bridgehead atoms. The maximum atomic E-state index is 14.4. The van der Waals surface area contributed by atoms with Gasteiger partial charge in [-0.25, -0.2) is 4.98 Å². The molecule has 0 saturated heterocycles. The van der Waals surface area contributed by atoms with Crippen molar-refractivity contribution < 1.29 is 13.7 Å². The number of likely N-dealkylation sites (N-methyl/N-ethyl adjacent to an activating group) is 1. The third-order valence-corrected chi connectivity index (χ3v) is 6.11. The molecule has 0 spiro atoms. The largest absolute Gasteiger partial charge is 0.368 e. The predicted octanol–water partition coefficient (Wildman–Crippen LogP) is 3.05. The minimum Gasteiger partial charge on any atom is -0.368 e. The quantitative estimate of drug-likeness (QED) is 0.403. The molecule has 0 radical (unpaired) electrons. The smallest absolute Gasteiger partial charge is 0.261 e. The molecule has 1 atom stereocenters. The zero-order valence-electron chi connectivity index (χ0n) is 19.6. The summed E-state index contributed by atoms with van der Waals surface area (Å²) in [5, 5.41) is 8.48. The zero-order valence-corrected chi connectivity index (χ0v) is 19.6. The summed E-state index contributed by atoms with van der Waals surface area (Å²) in [6.07, 6.45) is 5.46. The maximum Gasteiger partial charge on any atom is 0.261 e. The Morgan fingerprint density at radius 2 is 1.94 bits per heavy atom. The summed E-state index contributed by atoms with van der Waals surface area (Å²) in [6, 6.07) is 7.61. The Balaban J connectivity index is 1.39. The van der Waals surface area contributed by atoms with E-state index in [-0.39, 0.29) is 24.3 Å². The van der Waals surface area contributed by atoms with Crippen LogP contribution in [-0.4, -0.2) is 54.8 Å². The van der Waals surface area contributed by atoms with Crippen LogP contribution in [0, 0.1) is 18.8 Å². The average molecular weight is 477 g/mol. The van der Waals surface area contributed by atoms with Crippen molar-refractivity contribution in [3.8, 4) is 22.6 Å². The van der Waals surface area contributed by atoms with Crippen LogP contribution in [0.25, 0.3) is 22.6 Å². The van der Waals surface area contributed by atoms with Crippen molar-refractivity contribution >= 4 is 11.9 Å². The molecule has 1 aliphatic rings. The van der Waals surface area contributed by atoms with Crippen molar-refractivity contribution in [2.75, 3.05) is 19.8 Å². The van der Waals surface area contributed by atoms with E-state index in [2.05, 4.69) is 25.2 Å². The third-order valence-electron chi connectivity index (χ3n) is 6.11. The molecule has 10 nitrogen and oxygen atoms in total. The fourth-order valence-electron chi connectivity index (χ4n) is 4.12. The van der Waals surface area contributed by atoms with Gasteiger partial charge in [0.1, 0.15) is 6.54 Å². The van der Waals surface area contributed by atoms with E-state index in [4.69, 9.17) is 10.3 Å². The minimum absolute atomic E-state index is 0.0412. The van der Waals surface area contributed by atoms with Crippen LogP contribution in [0.3, 0.4) is 0 Å². The zero-order chi connectivity index (χ0) is 24.7. The van der Waals surface area contributed by atoms with E-state index in [9.17, 15) is 9.18 Å². The molecule has 1 amide bonds. The Hall–Kier alpha value is -4.15. The average Bonchev–Trinajstić information content (AvgIpc) is 3.32. The number of carbonyl (C=O) groups excluding carboxylic acids is 1. The van der Waals surface area contributed by atoms with Gasteiger partial charge in [0.15, 0.2) is 5.82 Å². The van der Waals surface area contributed by atoms with Gasteiger partial charge in [0.2, 0.25) is 17.8 Å². The monoisotopic (exact) mass is 476 g/mol. The van der Waals surface area contributed by atoms with Crippen LogP contribution < -0.4 is 5.73 Å². The first-order valence-electron chi connectivity index (χ1n) is 11.3. The van der Waals surface area contributed by atoms with Crippen molar-refractivity contribution in [3.63, 3.8) is 0 Å². The van der Waals surface area contributed by atoms with E-state index in [1.54, 1.807) is 38.1 Å². The predicted molar refractivity (Wildman–Crippen MR) is 125 cm³/mol. The number of anilines is 1. The van der Waals surface area contributed by atoms with Gasteiger partial charge in [-0.05, 0) is 36.8 Å². The molecule has 1 fully saturated rings. The van der Waals surface area contributed by atoms with Crippen LogP contribution in [0.4, 0.5) is 10.3 Å². The fraction of sp³-hybridized carbons (Fsp3) is 0.333. The third kappa shape index (κ3) is 4.61. The summed E-state index contributed by atoms with van der Waals surface area (Å²) in [4.78, 5) is 25.8.